The van der Waals surface area contributed by atoms with Gasteiger partial charge < -0.3 is 71.5 Å². The molecule has 0 saturated carbocycles. The summed E-state index contributed by atoms with van der Waals surface area (Å²) in [7, 11) is 0. The molecule has 5 atom stereocenters. The highest BCUT2D eigenvalue weighted by Gasteiger charge is 2.45. The normalized spacial score (nSPS) is 14.6. The second kappa shape index (κ2) is 36.9. The highest BCUT2D eigenvalue weighted by Crippen LogP contribution is 2.57. The summed E-state index contributed by atoms with van der Waals surface area (Å²) in [6, 6.07) is 113. The first-order valence-corrected chi connectivity index (χ1v) is 46.7. The molecular weight excluding hydrogens is 1710 g/mol. The number of hydrogen-bond donors (Lipinski definition) is 14. The number of fused-ring (bicyclic) bond motifs is 10. The van der Waals surface area contributed by atoms with E-state index in [1.54, 1.807) is 24.4 Å². The summed E-state index contributed by atoms with van der Waals surface area (Å²) in [4.78, 5) is 28.2. The summed E-state index contributed by atoms with van der Waals surface area (Å²) in [5.41, 5.74) is 38.9. The van der Waals surface area contributed by atoms with Gasteiger partial charge in [0.05, 0.1) is 0 Å². The molecule has 5 heterocycles. The highest BCUT2D eigenvalue weighted by atomic mass is 16.3. The largest absolute Gasteiger partial charge is 0.508 e. The zero-order chi connectivity index (χ0) is 94.3. The number of rotatable bonds is 17. The topological polar surface area (TPSA) is 284 Å². The number of nitrogens with two attached hydrogens (primary N) is 1. The van der Waals surface area contributed by atoms with Crippen molar-refractivity contribution in [2.45, 2.75) is 74.2 Å². The summed E-state index contributed by atoms with van der Waals surface area (Å²) < 4.78 is 0. The van der Waals surface area contributed by atoms with E-state index in [0.29, 0.717) is 35.3 Å². The average molecular weight is 1810 g/mol. The van der Waals surface area contributed by atoms with Crippen molar-refractivity contribution in [2.75, 3.05) is 5.73 Å². The molecule has 5 aromatic heterocycles. The average Bonchev–Trinajstić information content (AvgIpc) is 1.56. The molecule has 15 N–H and O–H groups in total. The predicted molar refractivity (Wildman–Crippen MR) is 555 cm³/mol. The van der Waals surface area contributed by atoms with E-state index in [4.69, 9.17) is 5.73 Å². The van der Waals surface area contributed by atoms with Gasteiger partial charge in [-0.15, -0.1) is 0 Å². The van der Waals surface area contributed by atoms with Gasteiger partial charge in [-0.1, -0.05) is 292 Å². The number of aromatic amines is 5. The number of anilines is 1. The standard InChI is InChI=1S/C26H23NO3.C25H19NO.C24H20N2.C24H19NO4.C24H19NO/c1-2-26(17-13-23(28)25(30)24(29)14-17,20-12-11-16-7-3-4-8-18(16)20)21-15-27-22-10-6-5-9-19(21)22;27-16-17-6-5-8-19(14-17)25(22-13-12-18-7-1-2-9-20(18)22)23-15-26-24-11-4-3-10-21(23)24;25-18-12-9-17(10-13-18)24(21-14-11-16-5-1-2-6-19(16)21)22-15-26-23-8-4-3-7-20(22)23;26-21-11-15(12-22(27)23(21)28)24(29,18-10-9-14-5-1-2-6-16(14)18)19-13-25-20-8-4-3-7-17(19)20;26-18-8-5-7-17(14-18)24(21-13-12-16-6-1-2-9-19(16)21)22-15-25-23-11-4-3-10-20(22)23/h3-10,12-15,27-30H,2,11H2,1H3;1-11,13-16,25-26H,12H2;1-10,12-15,24,26H,11,25H2;1-8,10-13,25-29H,9H2;1-11,13-15,24-26H,12H2. The lowest BCUT2D eigenvalue weighted by molar-refractivity contribution is 0.112. The van der Waals surface area contributed by atoms with Gasteiger partial charge in [0.1, 0.15) is 17.6 Å². The Balaban J connectivity index is 0.000000103. The van der Waals surface area contributed by atoms with Gasteiger partial charge in [-0.25, -0.2) is 0 Å². The zero-order valence-corrected chi connectivity index (χ0v) is 75.7. The number of aliphatic hydroxyl groups is 1. The number of carbonyl (C=O) groups is 1. The van der Waals surface area contributed by atoms with Gasteiger partial charge >= 0.3 is 0 Å². The molecule has 0 radical (unpaired) electrons. The van der Waals surface area contributed by atoms with Gasteiger partial charge in [-0.3, -0.25) is 4.79 Å². The van der Waals surface area contributed by atoms with Gasteiger partial charge in [-0.05, 0) is 251 Å². The lowest BCUT2D eigenvalue weighted by Gasteiger charge is -2.36. The Morgan fingerprint density at radius 3 is 1.09 bits per heavy atom. The molecule has 0 amide bonds. The number of para-hydroxylation sites is 5. The maximum Gasteiger partial charge on any atom is 0.200 e. The second-order valence-electron chi connectivity index (χ2n) is 35.9. The molecule has 15 heteroatoms. The molecule has 0 bridgehead atoms. The van der Waals surface area contributed by atoms with Gasteiger partial charge in [0, 0.05) is 131 Å². The molecule has 676 valence electrons. The third-order valence-electron chi connectivity index (χ3n) is 28.3. The van der Waals surface area contributed by atoms with E-state index in [1.165, 1.54) is 117 Å². The summed E-state index contributed by atoms with van der Waals surface area (Å²) >= 11 is 0. The van der Waals surface area contributed by atoms with Gasteiger partial charge in [0.2, 0.25) is 0 Å². The number of nitrogen functional groups attached to an aromatic ring is 1. The van der Waals surface area contributed by atoms with Crippen LogP contribution in [0.25, 0.3) is 82.4 Å². The van der Waals surface area contributed by atoms with Crippen molar-refractivity contribution in [1.29, 1.82) is 0 Å². The smallest absolute Gasteiger partial charge is 0.200 e. The lowest BCUT2D eigenvalue weighted by atomic mass is 9.65. The molecule has 0 saturated heterocycles. The number of nitrogens with one attached hydrogen (secondary N) is 5. The number of allylic oxidation sites excluding steroid dienone is 9. The third-order valence-corrected chi connectivity index (χ3v) is 28.3. The van der Waals surface area contributed by atoms with Gasteiger partial charge in [-0.2, -0.15) is 0 Å². The van der Waals surface area contributed by atoms with Crippen LogP contribution in [0.4, 0.5) is 5.69 Å². The van der Waals surface area contributed by atoms with Crippen LogP contribution < -0.4 is 5.73 Å². The number of aromatic nitrogens is 5. The van der Waals surface area contributed by atoms with Crippen LogP contribution in [0.2, 0.25) is 0 Å². The second-order valence-corrected chi connectivity index (χ2v) is 35.9. The fourth-order valence-corrected chi connectivity index (χ4v) is 21.8. The van der Waals surface area contributed by atoms with Crippen molar-refractivity contribution in [3.8, 4) is 40.2 Å². The van der Waals surface area contributed by atoms with Gasteiger partial charge in [0.25, 0.3) is 0 Å². The molecule has 0 spiro atoms. The molecule has 5 aliphatic carbocycles. The Kier molecular flexibility index (Phi) is 23.4. The predicted octanol–water partition coefficient (Wildman–Crippen LogP) is 26.7. The summed E-state index contributed by atoms with van der Waals surface area (Å²) in [5.74, 6) is -2.08. The third kappa shape index (κ3) is 15.9. The van der Waals surface area contributed by atoms with Crippen LogP contribution in [0.3, 0.4) is 0 Å². The van der Waals surface area contributed by atoms with Crippen LogP contribution in [0, 0.1) is 0 Å². The fraction of sp³-hybridized carbons (Fsp3) is 0.0976. The molecule has 138 heavy (non-hydrogen) atoms. The van der Waals surface area contributed by atoms with Crippen molar-refractivity contribution in [3.05, 3.63) is 518 Å². The Labute approximate surface area is 797 Å². The fourth-order valence-electron chi connectivity index (χ4n) is 21.8. The molecule has 0 aliphatic heterocycles. The lowest BCUT2D eigenvalue weighted by Crippen LogP contribution is -2.28. The van der Waals surface area contributed by atoms with Crippen molar-refractivity contribution in [1.82, 2.24) is 24.9 Å². The molecule has 15 aromatic carbocycles. The highest BCUT2D eigenvalue weighted by molar-refractivity contribution is 5.98. The Morgan fingerprint density at radius 1 is 0.319 bits per heavy atom. The maximum absolute atomic E-state index is 12.2. The van der Waals surface area contributed by atoms with E-state index in [1.807, 2.05) is 134 Å². The minimum absolute atomic E-state index is 0.0851. The number of benzene rings is 15. The Bertz CT molecular complexity index is 8210. The van der Waals surface area contributed by atoms with E-state index in [-0.39, 0.29) is 34.8 Å². The molecule has 15 nitrogen and oxygen atoms in total. The number of phenols is 7. The minimum atomic E-state index is -1.66. The minimum Gasteiger partial charge on any atom is -0.508 e. The number of carbonyl (C=O) groups excluding carboxylic acids is 1. The van der Waals surface area contributed by atoms with Crippen LogP contribution in [0.1, 0.15) is 153 Å². The molecule has 5 aliphatic rings. The monoisotopic (exact) mass is 1800 g/mol. The van der Waals surface area contributed by atoms with E-state index < -0.39 is 34.0 Å². The van der Waals surface area contributed by atoms with Crippen LogP contribution in [0.15, 0.2) is 401 Å². The first-order valence-electron chi connectivity index (χ1n) is 46.7. The molecule has 0 fully saturated rings. The molecule has 20 aromatic rings. The van der Waals surface area contributed by atoms with Crippen molar-refractivity contribution in [3.63, 3.8) is 0 Å². The Morgan fingerprint density at radius 2 is 0.652 bits per heavy atom. The zero-order valence-electron chi connectivity index (χ0n) is 75.7. The number of H-pyrrole nitrogens is 5. The van der Waals surface area contributed by atoms with Crippen LogP contribution in [-0.2, 0) is 43.1 Å². The molecule has 5 unspecified atom stereocenters. The number of aldehydes is 1. The first-order chi connectivity index (χ1) is 67.5. The van der Waals surface area contributed by atoms with Crippen LogP contribution in [-0.4, -0.2) is 72.1 Å². The van der Waals surface area contributed by atoms with E-state index >= 15 is 0 Å². The molecule has 25 rings (SSSR count). The van der Waals surface area contributed by atoms with Crippen molar-refractivity contribution < 1.29 is 45.6 Å². The van der Waals surface area contributed by atoms with Crippen LogP contribution in [0.5, 0.6) is 40.2 Å². The van der Waals surface area contributed by atoms with Gasteiger partial charge in [0.15, 0.2) is 34.5 Å². The van der Waals surface area contributed by atoms with E-state index in [2.05, 4.69) is 263 Å². The number of hydrogen-bond acceptors (Lipinski definition) is 10. The summed E-state index contributed by atoms with van der Waals surface area (Å²) in [6.45, 7) is 2.12. The maximum atomic E-state index is 12.2. The molecular formula is C123H100N6O9. The summed E-state index contributed by atoms with van der Waals surface area (Å²) in [6.07, 6.45) is 27.5. The first kappa shape index (κ1) is 87.4. The van der Waals surface area contributed by atoms with E-state index in [0.717, 1.165) is 109 Å². The van der Waals surface area contributed by atoms with Crippen LogP contribution >= 0.6 is 0 Å². The summed E-state index contributed by atoms with van der Waals surface area (Å²) in [5, 5.41) is 88.8. The number of aromatic hydroxyl groups is 7. The quantitative estimate of drug-likeness (QED) is 0.0232. The SMILES string of the molecule is CCC(C1=CCc2ccccc21)(c1cc(O)c(O)c(O)c1)c1c[nH]c2ccccc12.Nc1ccc(C(C2=CCc3ccccc32)c2c[nH]c3ccccc23)cc1.O=Cc1cccc(C(C2=CCc3ccccc32)c2c[nH]c3ccccc23)c1.Oc1cc(C(O)(C2=CCc3ccccc32)c2c[nH]c3ccccc23)cc(O)c1O.Oc1cccc(C(C2=CCc3ccccc32)c2c[nH]c3ccccc23)c1. The van der Waals surface area contributed by atoms with E-state index in [9.17, 15) is 45.6 Å². The number of phenolic OH excluding ortho intramolecular Hbond substituents is 7. The Hall–Kier alpha value is -17.3. The van der Waals surface area contributed by atoms with Crippen molar-refractivity contribution >= 4 is 94.4 Å². The van der Waals surface area contributed by atoms with Crippen molar-refractivity contribution in [2.24, 2.45) is 0 Å².